The number of rotatable bonds is 5. The van der Waals surface area contributed by atoms with E-state index in [1.807, 2.05) is 30.3 Å². The van der Waals surface area contributed by atoms with Crippen LogP contribution in [0.3, 0.4) is 0 Å². The average molecular weight is 357 g/mol. The van der Waals surface area contributed by atoms with Gasteiger partial charge in [0.1, 0.15) is 5.69 Å². The second-order valence-electron chi connectivity index (χ2n) is 6.63. The molecule has 1 aliphatic rings. The van der Waals surface area contributed by atoms with Crippen molar-refractivity contribution in [3.63, 3.8) is 0 Å². The molecule has 7 nitrogen and oxygen atoms in total. The smallest absolute Gasteiger partial charge is 0.309 e. The summed E-state index contributed by atoms with van der Waals surface area (Å²) >= 11 is 0. The third kappa shape index (κ3) is 3.29. The van der Waals surface area contributed by atoms with Crippen molar-refractivity contribution in [2.45, 2.75) is 39.2 Å². The topological polar surface area (TPSA) is 82.3 Å². The summed E-state index contributed by atoms with van der Waals surface area (Å²) in [6.07, 6.45) is 1.69. The number of hydrogen-bond donors (Lipinski definition) is 1. The largest absolute Gasteiger partial charge is 0.452 e. The zero-order valence-electron chi connectivity index (χ0n) is 15.2. The van der Waals surface area contributed by atoms with Gasteiger partial charge in [-0.25, -0.2) is 4.68 Å². The number of para-hydroxylation sites is 1. The summed E-state index contributed by atoms with van der Waals surface area (Å²) in [6.45, 7) is 3.27. The van der Waals surface area contributed by atoms with Crippen LogP contribution >= 0.6 is 0 Å². The predicted molar refractivity (Wildman–Crippen MR) is 97.3 cm³/mol. The number of hydrogen-bond acceptors (Lipinski definition) is 4. The molecular formula is C19H23N3O4. The Kier molecular flexibility index (Phi) is 4.97. The summed E-state index contributed by atoms with van der Waals surface area (Å²) in [5.41, 5.74) is 1.17. The van der Waals surface area contributed by atoms with Crippen molar-refractivity contribution >= 4 is 17.6 Å². The van der Waals surface area contributed by atoms with E-state index >= 15 is 0 Å². The van der Waals surface area contributed by atoms with E-state index in [-0.39, 0.29) is 23.1 Å². The number of aromatic nitrogens is 2. The number of benzene rings is 1. The number of anilines is 1. The molecule has 3 rings (SSSR count). The standard InChI is InChI=1S/C19H23N3O4/c1-12-16(18(24)22(21(12)3)15-10-5-4-6-11-15)20-17(23)13(2)26-19(25)14-8-7-9-14/h4-6,10-11,13-14H,7-9H2,1-3H3,(H,20,23). The second-order valence-corrected chi connectivity index (χ2v) is 6.63. The molecular weight excluding hydrogens is 334 g/mol. The maximum atomic E-state index is 12.8. The molecule has 1 fully saturated rings. The highest BCUT2D eigenvalue weighted by Crippen LogP contribution is 2.27. The van der Waals surface area contributed by atoms with Crippen molar-refractivity contribution in [1.82, 2.24) is 9.36 Å². The number of amides is 1. The lowest BCUT2D eigenvalue weighted by Gasteiger charge is -2.24. The number of carbonyl (C=O) groups is 2. The van der Waals surface area contributed by atoms with Crippen LogP contribution in [-0.4, -0.2) is 27.3 Å². The minimum atomic E-state index is -0.952. The normalized spacial score (nSPS) is 15.2. The molecule has 1 N–H and O–H groups in total. The fraction of sp³-hybridized carbons (Fsp3) is 0.421. The van der Waals surface area contributed by atoms with Crippen LogP contribution in [0.5, 0.6) is 0 Å². The van der Waals surface area contributed by atoms with E-state index in [1.165, 1.54) is 11.6 Å². The van der Waals surface area contributed by atoms with Crippen LogP contribution in [0.2, 0.25) is 0 Å². The monoisotopic (exact) mass is 357 g/mol. The first-order chi connectivity index (χ1) is 12.4. The summed E-state index contributed by atoms with van der Waals surface area (Å²) in [6, 6.07) is 9.17. The van der Waals surface area contributed by atoms with Gasteiger partial charge in [0, 0.05) is 7.05 Å². The minimum Gasteiger partial charge on any atom is -0.452 e. The average Bonchev–Trinajstić information content (AvgIpc) is 2.77. The summed E-state index contributed by atoms with van der Waals surface area (Å²) < 4.78 is 8.38. The van der Waals surface area contributed by atoms with Crippen molar-refractivity contribution in [1.29, 1.82) is 0 Å². The van der Waals surface area contributed by atoms with Crippen molar-refractivity contribution in [2.75, 3.05) is 5.32 Å². The molecule has 1 unspecified atom stereocenters. The summed E-state index contributed by atoms with van der Waals surface area (Å²) in [4.78, 5) is 37.1. The van der Waals surface area contributed by atoms with E-state index in [4.69, 9.17) is 4.74 Å². The van der Waals surface area contributed by atoms with E-state index in [1.54, 1.807) is 18.7 Å². The molecule has 0 bridgehead atoms. The molecule has 1 aromatic carbocycles. The van der Waals surface area contributed by atoms with Crippen LogP contribution in [0.15, 0.2) is 35.1 Å². The van der Waals surface area contributed by atoms with Gasteiger partial charge in [0.05, 0.1) is 17.3 Å². The van der Waals surface area contributed by atoms with Crippen LogP contribution in [0.25, 0.3) is 5.69 Å². The molecule has 1 atom stereocenters. The lowest BCUT2D eigenvalue weighted by atomic mass is 9.86. The van der Waals surface area contributed by atoms with Crippen LogP contribution in [0.4, 0.5) is 5.69 Å². The van der Waals surface area contributed by atoms with Gasteiger partial charge in [-0.3, -0.25) is 19.1 Å². The first-order valence-electron chi connectivity index (χ1n) is 8.75. The number of ether oxygens (including phenoxy) is 1. The summed E-state index contributed by atoms with van der Waals surface area (Å²) in [7, 11) is 1.75. The lowest BCUT2D eigenvalue weighted by Crippen LogP contribution is -2.35. The van der Waals surface area contributed by atoms with E-state index in [0.29, 0.717) is 11.4 Å². The number of nitrogens with zero attached hydrogens (tertiary/aromatic N) is 2. The van der Waals surface area contributed by atoms with Crippen LogP contribution < -0.4 is 10.9 Å². The second kappa shape index (κ2) is 7.19. The summed E-state index contributed by atoms with van der Waals surface area (Å²) in [5, 5.41) is 2.62. The van der Waals surface area contributed by atoms with Gasteiger partial charge in [-0.15, -0.1) is 0 Å². The SMILES string of the molecule is Cc1c(NC(=O)C(C)OC(=O)C2CCC2)c(=O)n(-c2ccccc2)n1C. The molecule has 138 valence electrons. The quantitative estimate of drug-likeness (QED) is 0.832. The lowest BCUT2D eigenvalue weighted by molar-refractivity contribution is -0.159. The molecule has 1 heterocycles. The van der Waals surface area contributed by atoms with Gasteiger partial charge < -0.3 is 10.1 Å². The van der Waals surface area contributed by atoms with Gasteiger partial charge in [0.15, 0.2) is 6.10 Å². The number of esters is 1. The van der Waals surface area contributed by atoms with Gasteiger partial charge in [-0.2, -0.15) is 0 Å². The molecule has 0 spiro atoms. The summed E-state index contributed by atoms with van der Waals surface area (Å²) in [5.74, 6) is -0.951. The van der Waals surface area contributed by atoms with Crippen molar-refractivity contribution in [3.8, 4) is 5.69 Å². The van der Waals surface area contributed by atoms with Crippen LogP contribution in [0, 0.1) is 12.8 Å². The molecule has 26 heavy (non-hydrogen) atoms. The molecule has 2 aromatic rings. The van der Waals surface area contributed by atoms with Crippen LogP contribution in [-0.2, 0) is 21.4 Å². The Balaban J connectivity index is 1.78. The Morgan fingerprint density at radius 2 is 1.88 bits per heavy atom. The van der Waals surface area contributed by atoms with E-state index in [2.05, 4.69) is 5.32 Å². The number of nitrogens with one attached hydrogen (secondary N) is 1. The Morgan fingerprint density at radius 1 is 1.23 bits per heavy atom. The highest BCUT2D eigenvalue weighted by Gasteiger charge is 2.30. The Morgan fingerprint density at radius 3 is 2.46 bits per heavy atom. The molecule has 1 aromatic heterocycles. The third-order valence-corrected chi connectivity index (χ3v) is 4.90. The molecule has 1 amide bonds. The highest BCUT2D eigenvalue weighted by molar-refractivity contribution is 5.95. The fourth-order valence-electron chi connectivity index (χ4n) is 2.91. The molecule has 7 heteroatoms. The van der Waals surface area contributed by atoms with Crippen molar-refractivity contribution < 1.29 is 14.3 Å². The third-order valence-electron chi connectivity index (χ3n) is 4.90. The predicted octanol–water partition coefficient (Wildman–Crippen LogP) is 2.15. The van der Waals surface area contributed by atoms with Crippen LogP contribution in [0.1, 0.15) is 31.9 Å². The highest BCUT2D eigenvalue weighted by atomic mass is 16.5. The van der Waals surface area contributed by atoms with Crippen molar-refractivity contribution in [2.24, 2.45) is 13.0 Å². The van der Waals surface area contributed by atoms with Gasteiger partial charge in [0.25, 0.3) is 11.5 Å². The van der Waals surface area contributed by atoms with E-state index < -0.39 is 12.0 Å². The maximum Gasteiger partial charge on any atom is 0.309 e. The maximum absolute atomic E-state index is 12.8. The van der Waals surface area contributed by atoms with Gasteiger partial charge in [-0.05, 0) is 38.8 Å². The molecule has 0 radical (unpaired) electrons. The Hall–Kier alpha value is -2.83. The van der Waals surface area contributed by atoms with Gasteiger partial charge >= 0.3 is 5.97 Å². The molecule has 1 saturated carbocycles. The minimum absolute atomic E-state index is 0.0981. The Bertz CT molecular complexity index is 878. The fourth-order valence-corrected chi connectivity index (χ4v) is 2.91. The van der Waals surface area contributed by atoms with E-state index in [0.717, 1.165) is 19.3 Å². The number of carbonyl (C=O) groups excluding carboxylic acids is 2. The van der Waals surface area contributed by atoms with Gasteiger partial charge in [-0.1, -0.05) is 24.6 Å². The Labute approximate surface area is 151 Å². The van der Waals surface area contributed by atoms with Gasteiger partial charge in [0.2, 0.25) is 0 Å². The first kappa shape index (κ1) is 18.0. The zero-order valence-corrected chi connectivity index (χ0v) is 15.2. The molecule has 0 aliphatic heterocycles. The first-order valence-corrected chi connectivity index (χ1v) is 8.75. The van der Waals surface area contributed by atoms with Crippen molar-refractivity contribution in [3.05, 3.63) is 46.4 Å². The van der Waals surface area contributed by atoms with E-state index in [9.17, 15) is 14.4 Å². The molecule has 1 aliphatic carbocycles. The molecule has 0 saturated heterocycles. The zero-order chi connectivity index (χ0) is 18.8.